The Balaban J connectivity index is 2.78. The van der Waals surface area contributed by atoms with E-state index in [1.807, 2.05) is 11.8 Å². The molecule has 0 aliphatic carbocycles. The molecule has 0 unspecified atom stereocenters. The van der Waals surface area contributed by atoms with Gasteiger partial charge in [-0.1, -0.05) is 24.8 Å². The molecule has 0 aromatic heterocycles. The highest BCUT2D eigenvalue weighted by molar-refractivity contribution is 9.14. The van der Waals surface area contributed by atoms with Gasteiger partial charge < -0.3 is 9.64 Å². The van der Waals surface area contributed by atoms with E-state index in [4.69, 9.17) is 4.74 Å². The third kappa shape index (κ3) is 4.15. The molecule has 0 spiro atoms. The summed E-state index contributed by atoms with van der Waals surface area (Å²) in [5.41, 5.74) is 1.45. The van der Waals surface area contributed by atoms with Crippen molar-refractivity contribution in [3.05, 3.63) is 20.5 Å². The number of nitrogens with zero attached hydrogens (tertiary/aromatic N) is 1. The number of hydrogen-bond donors (Lipinski definition) is 0. The highest BCUT2D eigenvalue weighted by Gasteiger charge is 2.16. The molecule has 1 rings (SSSR count). The Hall–Kier alpha value is 0.0700. The number of hydrogen-bond acceptors (Lipinski definition) is 3. The Kier molecular flexibility index (Phi) is 6.54. The van der Waals surface area contributed by atoms with E-state index in [-0.39, 0.29) is 0 Å². The topological polar surface area (TPSA) is 12.5 Å². The van der Waals surface area contributed by atoms with Crippen molar-refractivity contribution in [1.29, 1.82) is 0 Å². The van der Waals surface area contributed by atoms with Gasteiger partial charge in [0.1, 0.15) is 0 Å². The van der Waals surface area contributed by atoms with E-state index in [0.29, 0.717) is 0 Å². The molecule has 1 heterocycles. The maximum absolute atomic E-state index is 5.39. The first-order valence-corrected chi connectivity index (χ1v) is 7.32. The second-order valence-electron chi connectivity index (χ2n) is 3.73. The van der Waals surface area contributed by atoms with Gasteiger partial charge in [-0.25, -0.2) is 0 Å². The van der Waals surface area contributed by atoms with Gasteiger partial charge in [0, 0.05) is 13.1 Å². The van der Waals surface area contributed by atoms with Crippen LogP contribution < -0.4 is 0 Å². The lowest BCUT2D eigenvalue weighted by Gasteiger charge is -2.31. The van der Waals surface area contributed by atoms with Crippen molar-refractivity contribution in [2.24, 2.45) is 0 Å². The number of thioether (sulfide) groups is 1. The number of morpholine rings is 1. The first-order valence-electron chi connectivity index (χ1n) is 5.71. The lowest BCUT2D eigenvalue weighted by atomic mass is 10.2. The van der Waals surface area contributed by atoms with Crippen LogP contribution in [0.1, 0.15) is 27.2 Å². The number of halogens is 1. The predicted molar refractivity (Wildman–Crippen MR) is 75.7 cm³/mol. The predicted octanol–water partition coefficient (Wildman–Crippen LogP) is 3.95. The molecule has 0 atom stereocenters. The first kappa shape index (κ1) is 14.1. The highest BCUT2D eigenvalue weighted by atomic mass is 79.9. The molecule has 0 N–H and O–H groups in total. The van der Waals surface area contributed by atoms with Crippen LogP contribution >= 0.6 is 27.7 Å². The van der Waals surface area contributed by atoms with Crippen LogP contribution in [0.5, 0.6) is 0 Å². The first-order chi connectivity index (χ1) is 7.69. The van der Waals surface area contributed by atoms with Gasteiger partial charge in [0.25, 0.3) is 0 Å². The van der Waals surface area contributed by atoms with Gasteiger partial charge in [-0.15, -0.1) is 0 Å². The number of ether oxygens (including phenoxy) is 1. The van der Waals surface area contributed by atoms with Crippen molar-refractivity contribution in [2.75, 3.05) is 26.3 Å². The number of allylic oxidation sites excluding steroid dienone is 2. The molecular formula is C12H20BrNOS. The Morgan fingerprint density at radius 1 is 1.44 bits per heavy atom. The van der Waals surface area contributed by atoms with E-state index in [1.54, 1.807) is 0 Å². The molecule has 0 radical (unpaired) electrons. The monoisotopic (exact) mass is 305 g/mol. The third-order valence-electron chi connectivity index (χ3n) is 2.61. The fourth-order valence-electron chi connectivity index (χ4n) is 1.49. The second-order valence-corrected chi connectivity index (χ2v) is 6.14. The molecule has 16 heavy (non-hydrogen) atoms. The molecule has 0 aromatic rings. The van der Waals surface area contributed by atoms with E-state index in [9.17, 15) is 0 Å². The normalized spacial score (nSPS) is 19.8. The van der Waals surface area contributed by atoms with E-state index < -0.39 is 0 Å². The van der Waals surface area contributed by atoms with Gasteiger partial charge in [0.05, 0.1) is 22.1 Å². The van der Waals surface area contributed by atoms with Gasteiger partial charge >= 0.3 is 0 Å². The lowest BCUT2D eigenvalue weighted by Crippen LogP contribution is -2.35. The standard InChI is InChI=1S/C12H20BrNOS/c1-4-10(3)12(16-11(13)5-2)14-6-8-15-9-7-14/h5H,4,6-9H2,1-3H3/b11-5-,12-10-. The molecule has 1 fully saturated rings. The summed E-state index contributed by atoms with van der Waals surface area (Å²) in [5, 5.41) is 1.38. The maximum atomic E-state index is 5.39. The summed E-state index contributed by atoms with van der Waals surface area (Å²) in [5.74, 6) is 0. The molecule has 0 bridgehead atoms. The number of rotatable bonds is 4. The minimum atomic E-state index is 0.842. The summed E-state index contributed by atoms with van der Waals surface area (Å²) in [7, 11) is 0. The summed E-state index contributed by atoms with van der Waals surface area (Å²) in [4.78, 5) is 2.43. The van der Waals surface area contributed by atoms with Gasteiger partial charge in [-0.2, -0.15) is 0 Å². The van der Waals surface area contributed by atoms with Gasteiger partial charge in [0.2, 0.25) is 0 Å². The van der Waals surface area contributed by atoms with Crippen molar-refractivity contribution in [2.45, 2.75) is 27.2 Å². The molecule has 1 saturated heterocycles. The van der Waals surface area contributed by atoms with Gasteiger partial charge in [-0.3, -0.25) is 0 Å². The van der Waals surface area contributed by atoms with Crippen LogP contribution in [0.4, 0.5) is 0 Å². The fraction of sp³-hybridized carbons (Fsp3) is 0.667. The summed E-state index contributed by atoms with van der Waals surface area (Å²) in [6, 6.07) is 0. The average molecular weight is 306 g/mol. The zero-order valence-electron chi connectivity index (χ0n) is 10.3. The largest absolute Gasteiger partial charge is 0.378 e. The van der Waals surface area contributed by atoms with E-state index in [0.717, 1.165) is 32.7 Å². The van der Waals surface area contributed by atoms with Crippen LogP contribution in [0.25, 0.3) is 0 Å². The Bertz CT molecular complexity index is 283. The molecule has 0 saturated carbocycles. The average Bonchev–Trinajstić information content (AvgIpc) is 2.35. The summed E-state index contributed by atoms with van der Waals surface area (Å²) >= 11 is 5.39. The van der Waals surface area contributed by atoms with Gasteiger partial charge in [-0.05, 0) is 41.8 Å². The zero-order chi connectivity index (χ0) is 12.0. The molecule has 0 aromatic carbocycles. The van der Waals surface area contributed by atoms with Crippen LogP contribution in [-0.2, 0) is 4.74 Å². The zero-order valence-corrected chi connectivity index (χ0v) is 12.7. The van der Waals surface area contributed by atoms with Crippen LogP contribution in [0, 0.1) is 0 Å². The van der Waals surface area contributed by atoms with Crippen LogP contribution in [-0.4, -0.2) is 31.2 Å². The fourth-order valence-corrected chi connectivity index (χ4v) is 2.88. The van der Waals surface area contributed by atoms with Crippen molar-refractivity contribution in [1.82, 2.24) is 4.90 Å². The maximum Gasteiger partial charge on any atom is 0.0751 e. The summed E-state index contributed by atoms with van der Waals surface area (Å²) in [6.45, 7) is 10.2. The Morgan fingerprint density at radius 3 is 2.56 bits per heavy atom. The molecule has 0 amide bonds. The molecule has 92 valence electrons. The van der Waals surface area contributed by atoms with E-state index in [1.165, 1.54) is 14.4 Å². The molecule has 4 heteroatoms. The van der Waals surface area contributed by atoms with Crippen LogP contribution in [0.3, 0.4) is 0 Å². The third-order valence-corrected chi connectivity index (χ3v) is 4.79. The summed E-state index contributed by atoms with van der Waals surface area (Å²) < 4.78 is 6.58. The minimum absolute atomic E-state index is 0.842. The SMILES string of the molecule is C/C=C(/Br)S/C(=C(/C)CC)N1CCOCC1. The summed E-state index contributed by atoms with van der Waals surface area (Å²) in [6.07, 6.45) is 3.19. The lowest BCUT2D eigenvalue weighted by molar-refractivity contribution is 0.0572. The minimum Gasteiger partial charge on any atom is -0.378 e. The Morgan fingerprint density at radius 2 is 2.06 bits per heavy atom. The van der Waals surface area contributed by atoms with Crippen molar-refractivity contribution < 1.29 is 4.74 Å². The van der Waals surface area contributed by atoms with Gasteiger partial charge in [0.15, 0.2) is 0 Å². The molecule has 1 aliphatic rings. The van der Waals surface area contributed by atoms with Crippen molar-refractivity contribution in [3.63, 3.8) is 0 Å². The molecule has 1 aliphatic heterocycles. The second kappa shape index (κ2) is 7.41. The van der Waals surface area contributed by atoms with Crippen molar-refractivity contribution in [3.8, 4) is 0 Å². The van der Waals surface area contributed by atoms with Crippen LogP contribution in [0.15, 0.2) is 20.5 Å². The quantitative estimate of drug-likeness (QED) is 0.780. The highest BCUT2D eigenvalue weighted by Crippen LogP contribution is 2.35. The molecular weight excluding hydrogens is 286 g/mol. The smallest absolute Gasteiger partial charge is 0.0751 e. The van der Waals surface area contributed by atoms with E-state index >= 15 is 0 Å². The molecule has 2 nitrogen and oxygen atoms in total. The van der Waals surface area contributed by atoms with Crippen LogP contribution in [0.2, 0.25) is 0 Å². The Labute approximate surface area is 111 Å². The van der Waals surface area contributed by atoms with E-state index in [2.05, 4.69) is 47.7 Å². The van der Waals surface area contributed by atoms with Crippen molar-refractivity contribution >= 4 is 27.7 Å².